The van der Waals surface area contributed by atoms with E-state index in [-0.39, 0.29) is 28.9 Å². The van der Waals surface area contributed by atoms with Crippen LogP contribution >= 0.6 is 11.8 Å². The Kier molecular flexibility index (Phi) is 8.52. The highest BCUT2D eigenvalue weighted by atomic mass is 32.2. The number of halogens is 2. The third-order valence-electron chi connectivity index (χ3n) is 6.77. The van der Waals surface area contributed by atoms with E-state index in [0.717, 1.165) is 35.8 Å². The predicted molar refractivity (Wildman–Crippen MR) is 143 cm³/mol. The van der Waals surface area contributed by atoms with Crippen molar-refractivity contribution in [2.24, 2.45) is 5.92 Å². The van der Waals surface area contributed by atoms with Gasteiger partial charge in [-0.25, -0.2) is 0 Å². The van der Waals surface area contributed by atoms with E-state index in [1.165, 1.54) is 48.0 Å². The zero-order valence-corrected chi connectivity index (χ0v) is 22.5. The standard InChI is InChI=1S/C28H34F2N4O2S/c1-18-7-5-6-8-23(18)34-25(19-9-11-20(12-10-19)28(2,3)4)32-33-27(34)37-17-24(35)31-21-13-15-22(16-14-21)36-26(29)30/h9-16,18,23,26H,5-8,17H2,1-4H3,(H,31,35). The number of anilines is 1. The fourth-order valence-corrected chi connectivity index (χ4v) is 5.51. The molecule has 4 rings (SSSR count). The molecule has 1 aliphatic carbocycles. The minimum atomic E-state index is -2.89. The smallest absolute Gasteiger partial charge is 0.387 e. The number of aromatic nitrogens is 3. The van der Waals surface area contributed by atoms with Crippen LogP contribution in [0.15, 0.2) is 53.7 Å². The Morgan fingerprint density at radius 3 is 2.38 bits per heavy atom. The molecule has 0 aliphatic heterocycles. The number of benzene rings is 2. The molecule has 37 heavy (non-hydrogen) atoms. The fraction of sp³-hybridized carbons (Fsp3) is 0.464. The molecule has 0 bridgehead atoms. The Morgan fingerprint density at radius 2 is 1.76 bits per heavy atom. The highest BCUT2D eigenvalue weighted by molar-refractivity contribution is 7.99. The number of alkyl halides is 2. The molecule has 3 aromatic rings. The van der Waals surface area contributed by atoms with Gasteiger partial charge in [0.25, 0.3) is 0 Å². The Balaban J connectivity index is 1.51. The largest absolute Gasteiger partial charge is 0.435 e. The summed E-state index contributed by atoms with van der Waals surface area (Å²) in [4.78, 5) is 12.7. The van der Waals surface area contributed by atoms with E-state index in [4.69, 9.17) is 0 Å². The van der Waals surface area contributed by atoms with Crippen molar-refractivity contribution >= 4 is 23.4 Å². The van der Waals surface area contributed by atoms with Crippen molar-refractivity contribution in [2.75, 3.05) is 11.1 Å². The highest BCUT2D eigenvalue weighted by Gasteiger charge is 2.29. The fourth-order valence-electron chi connectivity index (χ4n) is 4.72. The lowest BCUT2D eigenvalue weighted by molar-refractivity contribution is -0.113. The summed E-state index contributed by atoms with van der Waals surface area (Å²) in [6.45, 7) is 5.97. The van der Waals surface area contributed by atoms with Crippen molar-refractivity contribution in [3.05, 3.63) is 54.1 Å². The van der Waals surface area contributed by atoms with Crippen molar-refractivity contribution in [3.8, 4) is 17.1 Å². The Labute approximate surface area is 221 Å². The molecule has 0 radical (unpaired) electrons. The van der Waals surface area contributed by atoms with Gasteiger partial charge in [0.2, 0.25) is 5.91 Å². The monoisotopic (exact) mass is 528 g/mol. The Bertz CT molecular complexity index is 1190. The number of ether oxygens (including phenoxy) is 1. The maximum Gasteiger partial charge on any atom is 0.387 e. The summed E-state index contributed by atoms with van der Waals surface area (Å²) in [5.41, 5.74) is 2.85. The molecule has 0 spiro atoms. The highest BCUT2D eigenvalue weighted by Crippen LogP contribution is 2.39. The molecule has 6 nitrogen and oxygen atoms in total. The third-order valence-corrected chi connectivity index (χ3v) is 7.71. The van der Waals surface area contributed by atoms with Crippen LogP contribution in [-0.2, 0) is 10.2 Å². The summed E-state index contributed by atoms with van der Waals surface area (Å²) >= 11 is 1.36. The summed E-state index contributed by atoms with van der Waals surface area (Å²) in [5, 5.41) is 12.6. The summed E-state index contributed by atoms with van der Waals surface area (Å²) in [6, 6.07) is 14.6. The van der Waals surface area contributed by atoms with Crippen molar-refractivity contribution in [3.63, 3.8) is 0 Å². The van der Waals surface area contributed by atoms with E-state index in [9.17, 15) is 13.6 Å². The number of hydrogen-bond acceptors (Lipinski definition) is 5. The molecule has 0 saturated heterocycles. The normalized spacial score (nSPS) is 18.1. The van der Waals surface area contributed by atoms with E-state index in [1.807, 2.05) is 0 Å². The third kappa shape index (κ3) is 6.89. The molecule has 2 aromatic carbocycles. The van der Waals surface area contributed by atoms with Crippen LogP contribution in [0.5, 0.6) is 5.75 Å². The maximum absolute atomic E-state index is 12.7. The van der Waals surface area contributed by atoms with Crippen LogP contribution in [0.2, 0.25) is 0 Å². The number of carbonyl (C=O) groups excluding carboxylic acids is 1. The SMILES string of the molecule is CC1CCCCC1n1c(SCC(=O)Nc2ccc(OC(F)F)cc2)nnc1-c1ccc(C(C)(C)C)cc1. The minimum absolute atomic E-state index is 0.0418. The quantitative estimate of drug-likeness (QED) is 0.310. The number of nitrogens with one attached hydrogen (secondary N) is 1. The number of nitrogens with zero attached hydrogens (tertiary/aromatic N) is 3. The second kappa shape index (κ2) is 11.6. The van der Waals surface area contributed by atoms with Gasteiger partial charge in [-0.3, -0.25) is 9.36 Å². The van der Waals surface area contributed by atoms with Crippen LogP contribution in [0, 0.1) is 5.92 Å². The van der Waals surface area contributed by atoms with Gasteiger partial charge in [0.15, 0.2) is 11.0 Å². The van der Waals surface area contributed by atoms with Gasteiger partial charge >= 0.3 is 6.61 Å². The summed E-state index contributed by atoms with van der Waals surface area (Å²) < 4.78 is 31.3. The predicted octanol–water partition coefficient (Wildman–Crippen LogP) is 7.33. The van der Waals surface area contributed by atoms with E-state index >= 15 is 0 Å². The van der Waals surface area contributed by atoms with E-state index in [0.29, 0.717) is 11.6 Å². The zero-order chi connectivity index (χ0) is 26.6. The average molecular weight is 529 g/mol. The first-order valence-corrected chi connectivity index (χ1v) is 13.6. The van der Waals surface area contributed by atoms with Crippen molar-refractivity contribution in [2.45, 2.75) is 76.6 Å². The molecule has 198 valence electrons. The van der Waals surface area contributed by atoms with E-state index < -0.39 is 6.61 Å². The molecular formula is C28H34F2N4O2S. The van der Waals surface area contributed by atoms with Gasteiger partial charge < -0.3 is 10.1 Å². The zero-order valence-electron chi connectivity index (χ0n) is 21.7. The van der Waals surface area contributed by atoms with Crippen molar-refractivity contribution in [1.82, 2.24) is 14.8 Å². The Hall–Kier alpha value is -2.94. The van der Waals surface area contributed by atoms with Gasteiger partial charge in [0, 0.05) is 17.3 Å². The number of rotatable bonds is 8. The average Bonchev–Trinajstić information content (AvgIpc) is 3.27. The van der Waals surface area contributed by atoms with Crippen LogP contribution in [0.25, 0.3) is 11.4 Å². The Morgan fingerprint density at radius 1 is 1.08 bits per heavy atom. The molecule has 1 saturated carbocycles. The first kappa shape index (κ1) is 27.1. The van der Waals surface area contributed by atoms with Crippen LogP contribution < -0.4 is 10.1 Å². The molecule has 9 heteroatoms. The molecule has 1 aliphatic rings. The second-order valence-electron chi connectivity index (χ2n) is 10.6. The van der Waals surface area contributed by atoms with Crippen LogP contribution in [0.4, 0.5) is 14.5 Å². The van der Waals surface area contributed by atoms with Gasteiger partial charge in [-0.05, 0) is 54.0 Å². The van der Waals surface area contributed by atoms with E-state index in [1.54, 1.807) is 0 Å². The van der Waals surface area contributed by atoms with Crippen molar-refractivity contribution < 1.29 is 18.3 Å². The summed E-state index contributed by atoms with van der Waals surface area (Å²) in [6.07, 6.45) is 4.59. The summed E-state index contributed by atoms with van der Waals surface area (Å²) in [7, 11) is 0. The molecule has 1 amide bonds. The lowest BCUT2D eigenvalue weighted by Gasteiger charge is -2.31. The van der Waals surface area contributed by atoms with E-state index in [2.05, 4.69) is 76.8 Å². The summed E-state index contributed by atoms with van der Waals surface area (Å²) in [5.74, 6) is 1.29. The van der Waals surface area contributed by atoms with Gasteiger partial charge in [-0.15, -0.1) is 10.2 Å². The first-order valence-electron chi connectivity index (χ1n) is 12.6. The minimum Gasteiger partial charge on any atom is -0.435 e. The lowest BCUT2D eigenvalue weighted by Crippen LogP contribution is -2.23. The molecule has 1 N–H and O–H groups in total. The lowest BCUT2D eigenvalue weighted by atomic mass is 9.85. The van der Waals surface area contributed by atoms with Gasteiger partial charge in [-0.2, -0.15) is 8.78 Å². The number of amides is 1. The number of hydrogen-bond donors (Lipinski definition) is 1. The second-order valence-corrected chi connectivity index (χ2v) is 11.5. The van der Waals surface area contributed by atoms with Crippen LogP contribution in [0.3, 0.4) is 0 Å². The van der Waals surface area contributed by atoms with Crippen LogP contribution in [0.1, 0.15) is 65.0 Å². The van der Waals surface area contributed by atoms with Crippen LogP contribution in [-0.4, -0.2) is 33.0 Å². The molecule has 2 unspecified atom stereocenters. The van der Waals surface area contributed by atoms with Gasteiger partial charge in [-0.1, -0.05) is 76.6 Å². The number of thioether (sulfide) groups is 1. The van der Waals surface area contributed by atoms with Gasteiger partial charge in [0.05, 0.1) is 5.75 Å². The molecule has 1 fully saturated rings. The maximum atomic E-state index is 12.7. The topological polar surface area (TPSA) is 69.0 Å². The van der Waals surface area contributed by atoms with Gasteiger partial charge in [0.1, 0.15) is 5.75 Å². The molecule has 1 aromatic heterocycles. The first-order chi connectivity index (χ1) is 17.6. The van der Waals surface area contributed by atoms with Crippen molar-refractivity contribution in [1.29, 1.82) is 0 Å². The molecular weight excluding hydrogens is 494 g/mol. The molecule has 1 heterocycles. The molecule has 2 atom stereocenters. The number of carbonyl (C=O) groups is 1.